The van der Waals surface area contributed by atoms with E-state index in [1.165, 1.54) is 11.3 Å². The zero-order valence-electron chi connectivity index (χ0n) is 13.1. The number of nitriles is 1. The molecule has 0 radical (unpaired) electrons. The fourth-order valence-corrected chi connectivity index (χ4v) is 2.92. The molecule has 4 nitrogen and oxygen atoms in total. The Labute approximate surface area is 144 Å². The second-order valence-electron chi connectivity index (χ2n) is 4.95. The van der Waals surface area contributed by atoms with E-state index in [0.717, 1.165) is 22.7 Å². The minimum Gasteiger partial charge on any atom is -0.497 e. The molecule has 0 aliphatic carbocycles. The number of hydrogen-bond acceptors (Lipinski definition) is 5. The van der Waals surface area contributed by atoms with E-state index < -0.39 is 0 Å². The second-order valence-corrected chi connectivity index (χ2v) is 5.80. The van der Waals surface area contributed by atoms with Gasteiger partial charge < -0.3 is 10.1 Å². The van der Waals surface area contributed by atoms with Crippen LogP contribution in [0.4, 0.5) is 5.69 Å². The van der Waals surface area contributed by atoms with E-state index in [1.807, 2.05) is 60.0 Å². The number of para-hydroxylation sites is 1. The van der Waals surface area contributed by atoms with Gasteiger partial charge in [-0.2, -0.15) is 5.26 Å². The molecule has 5 heteroatoms. The summed E-state index contributed by atoms with van der Waals surface area (Å²) in [5.74, 6) is 0.805. The summed E-state index contributed by atoms with van der Waals surface area (Å²) in [5, 5.41) is 15.2. The minimum atomic E-state index is 0.503. The van der Waals surface area contributed by atoms with Crippen molar-refractivity contribution >= 4 is 22.6 Å². The number of thiazole rings is 1. The Kier molecular flexibility index (Phi) is 4.90. The number of methoxy groups -OCH3 is 1. The molecule has 0 bridgehead atoms. The first-order chi connectivity index (χ1) is 11.8. The first-order valence-electron chi connectivity index (χ1n) is 7.32. The van der Waals surface area contributed by atoms with Gasteiger partial charge in [0.15, 0.2) is 0 Å². The van der Waals surface area contributed by atoms with Crippen molar-refractivity contribution in [2.24, 2.45) is 0 Å². The van der Waals surface area contributed by atoms with Gasteiger partial charge in [0.2, 0.25) is 0 Å². The van der Waals surface area contributed by atoms with Crippen LogP contribution in [-0.2, 0) is 0 Å². The van der Waals surface area contributed by atoms with Crippen LogP contribution < -0.4 is 10.1 Å². The summed E-state index contributed by atoms with van der Waals surface area (Å²) >= 11 is 1.45. The lowest BCUT2D eigenvalue weighted by Crippen LogP contribution is -1.90. The molecular formula is C19H15N3OS. The van der Waals surface area contributed by atoms with Gasteiger partial charge in [-0.05, 0) is 36.4 Å². The molecule has 0 aliphatic rings. The van der Waals surface area contributed by atoms with Gasteiger partial charge in [-0.1, -0.05) is 18.2 Å². The lowest BCUT2D eigenvalue weighted by atomic mass is 10.2. The van der Waals surface area contributed by atoms with Crippen LogP contribution in [0.2, 0.25) is 0 Å². The van der Waals surface area contributed by atoms with E-state index >= 15 is 0 Å². The van der Waals surface area contributed by atoms with E-state index in [-0.39, 0.29) is 0 Å². The summed E-state index contributed by atoms with van der Waals surface area (Å²) in [4.78, 5) is 4.57. The predicted molar refractivity (Wildman–Crippen MR) is 97.8 cm³/mol. The number of rotatable bonds is 5. The lowest BCUT2D eigenvalue weighted by Gasteiger charge is -2.01. The molecule has 0 amide bonds. The van der Waals surface area contributed by atoms with Gasteiger partial charge in [0.1, 0.15) is 22.4 Å². The molecule has 0 fully saturated rings. The summed E-state index contributed by atoms with van der Waals surface area (Å²) < 4.78 is 5.16. The number of hydrogen-bond donors (Lipinski definition) is 1. The molecule has 0 saturated carbocycles. The van der Waals surface area contributed by atoms with E-state index in [4.69, 9.17) is 4.74 Å². The number of ether oxygens (including phenoxy) is 1. The molecule has 1 aromatic heterocycles. The highest BCUT2D eigenvalue weighted by molar-refractivity contribution is 7.11. The second kappa shape index (κ2) is 7.44. The van der Waals surface area contributed by atoms with Crippen molar-refractivity contribution in [1.82, 2.24) is 4.98 Å². The smallest absolute Gasteiger partial charge is 0.136 e. The van der Waals surface area contributed by atoms with Crippen LogP contribution >= 0.6 is 11.3 Å². The van der Waals surface area contributed by atoms with E-state index in [9.17, 15) is 5.26 Å². The van der Waals surface area contributed by atoms with Crippen LogP contribution in [0.15, 0.2) is 66.2 Å². The van der Waals surface area contributed by atoms with Crippen LogP contribution in [0.3, 0.4) is 0 Å². The Bertz CT molecular complexity index is 877. The predicted octanol–water partition coefficient (Wildman–Crippen LogP) is 4.80. The summed E-state index contributed by atoms with van der Waals surface area (Å²) in [7, 11) is 1.64. The van der Waals surface area contributed by atoms with Crippen LogP contribution in [0, 0.1) is 11.3 Å². The largest absolute Gasteiger partial charge is 0.497 e. The maximum absolute atomic E-state index is 9.40. The van der Waals surface area contributed by atoms with Gasteiger partial charge in [0, 0.05) is 22.8 Å². The zero-order valence-corrected chi connectivity index (χ0v) is 13.9. The average Bonchev–Trinajstić information content (AvgIpc) is 3.13. The fraction of sp³-hybridized carbons (Fsp3) is 0.0526. The SMILES string of the molecule is COc1ccc(-c2csc(/C(C#N)=C/Nc3ccccc3)n2)cc1. The molecule has 24 heavy (non-hydrogen) atoms. The number of anilines is 1. The summed E-state index contributed by atoms with van der Waals surface area (Å²) in [6.45, 7) is 0. The van der Waals surface area contributed by atoms with Gasteiger partial charge in [0.25, 0.3) is 0 Å². The molecule has 1 N–H and O–H groups in total. The number of aromatic nitrogens is 1. The first-order valence-corrected chi connectivity index (χ1v) is 8.20. The number of benzene rings is 2. The van der Waals surface area contributed by atoms with Gasteiger partial charge >= 0.3 is 0 Å². The molecule has 0 spiro atoms. The topological polar surface area (TPSA) is 57.9 Å². The van der Waals surface area contributed by atoms with Crippen LogP contribution in [0.25, 0.3) is 16.8 Å². The van der Waals surface area contributed by atoms with Crippen molar-refractivity contribution < 1.29 is 4.74 Å². The number of allylic oxidation sites excluding steroid dienone is 1. The van der Waals surface area contributed by atoms with Crippen molar-refractivity contribution in [3.63, 3.8) is 0 Å². The van der Waals surface area contributed by atoms with E-state index in [2.05, 4.69) is 16.4 Å². The molecule has 3 rings (SSSR count). The molecule has 3 aromatic rings. The summed E-state index contributed by atoms with van der Waals surface area (Å²) in [6.07, 6.45) is 1.69. The van der Waals surface area contributed by atoms with Crippen molar-refractivity contribution in [3.05, 3.63) is 71.2 Å². The highest BCUT2D eigenvalue weighted by atomic mass is 32.1. The van der Waals surface area contributed by atoms with Gasteiger partial charge in [0.05, 0.1) is 12.8 Å². The Balaban J connectivity index is 1.81. The third kappa shape index (κ3) is 3.62. The van der Waals surface area contributed by atoms with E-state index in [1.54, 1.807) is 13.3 Å². The molecule has 0 atom stereocenters. The Morgan fingerprint density at radius 1 is 1.17 bits per heavy atom. The van der Waals surface area contributed by atoms with Gasteiger partial charge in [-0.25, -0.2) is 4.98 Å². The number of nitrogens with one attached hydrogen (secondary N) is 1. The number of nitrogens with zero attached hydrogens (tertiary/aromatic N) is 2. The molecule has 0 aliphatic heterocycles. The van der Waals surface area contributed by atoms with Gasteiger partial charge in [-0.15, -0.1) is 11.3 Å². The van der Waals surface area contributed by atoms with Crippen molar-refractivity contribution in [3.8, 4) is 23.1 Å². The molecule has 0 saturated heterocycles. The highest BCUT2D eigenvalue weighted by Crippen LogP contribution is 2.27. The average molecular weight is 333 g/mol. The van der Waals surface area contributed by atoms with E-state index in [0.29, 0.717) is 10.6 Å². The maximum Gasteiger partial charge on any atom is 0.136 e. The normalized spacial score (nSPS) is 10.9. The zero-order chi connectivity index (χ0) is 16.8. The van der Waals surface area contributed by atoms with Crippen LogP contribution in [-0.4, -0.2) is 12.1 Å². The van der Waals surface area contributed by atoms with Crippen molar-refractivity contribution in [2.45, 2.75) is 0 Å². The standard InChI is InChI=1S/C19H15N3OS/c1-23-17-9-7-14(8-10-17)18-13-24-19(22-18)15(11-20)12-21-16-5-3-2-4-6-16/h2-10,12-13,21H,1H3/b15-12+. The first kappa shape index (κ1) is 15.8. The highest BCUT2D eigenvalue weighted by Gasteiger charge is 2.09. The van der Waals surface area contributed by atoms with Gasteiger partial charge in [-0.3, -0.25) is 0 Å². The van der Waals surface area contributed by atoms with Crippen molar-refractivity contribution in [2.75, 3.05) is 12.4 Å². The minimum absolute atomic E-state index is 0.503. The van der Waals surface area contributed by atoms with Crippen LogP contribution in [0.5, 0.6) is 5.75 Å². The molecular weight excluding hydrogens is 318 g/mol. The molecule has 2 aromatic carbocycles. The third-order valence-electron chi connectivity index (χ3n) is 3.40. The third-order valence-corrected chi connectivity index (χ3v) is 4.27. The Morgan fingerprint density at radius 3 is 2.58 bits per heavy atom. The molecule has 1 heterocycles. The Morgan fingerprint density at radius 2 is 1.92 bits per heavy atom. The summed E-state index contributed by atoms with van der Waals surface area (Å²) in [5.41, 5.74) is 3.27. The quantitative estimate of drug-likeness (QED) is 0.682. The maximum atomic E-state index is 9.40. The Hall–Kier alpha value is -3.10. The monoisotopic (exact) mass is 333 g/mol. The fourth-order valence-electron chi connectivity index (χ4n) is 2.12. The molecule has 118 valence electrons. The molecule has 0 unspecified atom stereocenters. The van der Waals surface area contributed by atoms with Crippen LogP contribution in [0.1, 0.15) is 5.01 Å². The lowest BCUT2D eigenvalue weighted by molar-refractivity contribution is 0.415. The summed E-state index contributed by atoms with van der Waals surface area (Å²) in [6, 6.07) is 19.6. The van der Waals surface area contributed by atoms with Crippen molar-refractivity contribution in [1.29, 1.82) is 5.26 Å².